The Kier molecular flexibility index (Phi) is 4.94. The molecule has 2 heterocycles. The minimum Gasteiger partial charge on any atom is -0.476 e. The molecule has 0 saturated carbocycles. The molecule has 0 saturated heterocycles. The monoisotopic (exact) mass is 369 g/mol. The molecule has 0 radical (unpaired) electrons. The van der Waals surface area contributed by atoms with Gasteiger partial charge in [-0.15, -0.1) is 11.3 Å². The van der Waals surface area contributed by atoms with Crippen LogP contribution in [0.1, 0.15) is 31.3 Å². The van der Waals surface area contributed by atoms with Gasteiger partial charge in [-0.25, -0.2) is 19.7 Å². The summed E-state index contributed by atoms with van der Waals surface area (Å²) in [6.07, 6.45) is 4.00. The molecule has 3 aromatic rings. The van der Waals surface area contributed by atoms with Crippen molar-refractivity contribution in [3.05, 3.63) is 65.2 Å². The minimum atomic E-state index is -1.35. The number of carbonyl (C=O) groups is 3. The topological polar surface area (TPSA) is 134 Å². The fourth-order valence-electron chi connectivity index (χ4n) is 2.01. The highest BCUT2D eigenvalue weighted by atomic mass is 32.1. The lowest BCUT2D eigenvalue weighted by molar-refractivity contribution is 0.0684. The minimum absolute atomic E-state index is 0.300. The Morgan fingerprint density at radius 2 is 1.54 bits per heavy atom. The van der Waals surface area contributed by atoms with Crippen molar-refractivity contribution in [2.75, 3.05) is 10.6 Å². The zero-order valence-corrected chi connectivity index (χ0v) is 13.9. The number of aromatic carboxylic acids is 1. The molecule has 3 rings (SSSR count). The van der Waals surface area contributed by atoms with Crippen LogP contribution in [0.25, 0.3) is 0 Å². The van der Waals surface area contributed by atoms with Gasteiger partial charge >= 0.3 is 5.97 Å². The number of thiazole rings is 1. The first-order valence-corrected chi connectivity index (χ1v) is 8.09. The Balaban J connectivity index is 1.70. The van der Waals surface area contributed by atoms with E-state index in [0.29, 0.717) is 16.4 Å². The highest BCUT2D eigenvalue weighted by Gasteiger charge is 2.19. The first kappa shape index (κ1) is 17.2. The highest BCUT2D eigenvalue weighted by molar-refractivity contribution is 7.13. The van der Waals surface area contributed by atoms with Crippen molar-refractivity contribution in [2.24, 2.45) is 0 Å². The summed E-state index contributed by atoms with van der Waals surface area (Å²) in [6.45, 7) is 0. The normalized spacial score (nSPS) is 10.2. The molecular weight excluding hydrogens is 358 g/mol. The molecule has 10 heteroatoms. The number of rotatable bonds is 5. The summed E-state index contributed by atoms with van der Waals surface area (Å²) in [5.41, 5.74) is 0.0155. The van der Waals surface area contributed by atoms with E-state index in [-0.39, 0.29) is 11.6 Å². The molecule has 0 aliphatic rings. The molecule has 26 heavy (non-hydrogen) atoms. The largest absolute Gasteiger partial charge is 0.476 e. The van der Waals surface area contributed by atoms with Crippen LogP contribution in [0.2, 0.25) is 0 Å². The van der Waals surface area contributed by atoms with Crippen LogP contribution >= 0.6 is 11.3 Å². The smallest absolute Gasteiger partial charge is 0.356 e. The number of carboxylic acid groups (broad SMARTS) is 1. The van der Waals surface area contributed by atoms with E-state index in [1.165, 1.54) is 48.0 Å². The Hall–Kier alpha value is -3.66. The van der Waals surface area contributed by atoms with Crippen LogP contribution in [-0.4, -0.2) is 37.8 Å². The maximum Gasteiger partial charge on any atom is 0.356 e. The van der Waals surface area contributed by atoms with Crippen molar-refractivity contribution in [1.82, 2.24) is 15.0 Å². The van der Waals surface area contributed by atoms with Crippen LogP contribution in [0.3, 0.4) is 0 Å². The quantitative estimate of drug-likeness (QED) is 0.627. The molecule has 0 bridgehead atoms. The number of nitrogens with zero attached hydrogens (tertiary/aromatic N) is 3. The number of amides is 2. The van der Waals surface area contributed by atoms with Crippen LogP contribution in [0.4, 0.5) is 10.8 Å². The van der Waals surface area contributed by atoms with E-state index in [0.717, 1.165) is 0 Å². The maximum atomic E-state index is 12.2. The predicted octanol–water partition coefficient (Wildman–Crippen LogP) is 2.14. The van der Waals surface area contributed by atoms with Crippen LogP contribution in [0.5, 0.6) is 0 Å². The molecule has 130 valence electrons. The van der Waals surface area contributed by atoms with Gasteiger partial charge in [-0.05, 0) is 24.3 Å². The van der Waals surface area contributed by atoms with Gasteiger partial charge in [0.1, 0.15) is 0 Å². The standard InChI is InChI=1S/C16H11N5O4S/c22-13(21-16-19-7-8-26-16)9-1-3-10(4-2-9)20-14(23)11-12(15(24)25)18-6-5-17-11/h1-8H,(H,20,23)(H,24,25)(H,19,21,22). The molecule has 1 aromatic carbocycles. The van der Waals surface area contributed by atoms with Crippen molar-refractivity contribution in [3.63, 3.8) is 0 Å². The summed E-state index contributed by atoms with van der Waals surface area (Å²) >= 11 is 1.30. The number of carboxylic acids is 1. The van der Waals surface area contributed by atoms with Gasteiger partial charge in [0.25, 0.3) is 11.8 Å². The Morgan fingerprint density at radius 1 is 0.846 bits per heavy atom. The lowest BCUT2D eigenvalue weighted by Crippen LogP contribution is -2.19. The molecule has 2 aromatic heterocycles. The Morgan fingerprint density at radius 3 is 2.15 bits per heavy atom. The number of anilines is 2. The predicted molar refractivity (Wildman–Crippen MR) is 93.5 cm³/mol. The summed E-state index contributed by atoms with van der Waals surface area (Å²) in [7, 11) is 0. The number of hydrogen-bond donors (Lipinski definition) is 3. The van der Waals surface area contributed by atoms with E-state index < -0.39 is 17.6 Å². The summed E-state index contributed by atoms with van der Waals surface area (Å²) in [5, 5.41) is 16.4. The fraction of sp³-hybridized carbons (Fsp3) is 0. The molecule has 0 fully saturated rings. The third-order valence-electron chi connectivity index (χ3n) is 3.17. The van der Waals surface area contributed by atoms with E-state index in [1.54, 1.807) is 11.6 Å². The SMILES string of the molecule is O=C(Nc1nccs1)c1ccc(NC(=O)c2nccnc2C(=O)O)cc1. The van der Waals surface area contributed by atoms with Gasteiger partial charge in [0.2, 0.25) is 0 Å². The Labute approximate surface area is 150 Å². The van der Waals surface area contributed by atoms with Gasteiger partial charge in [-0.1, -0.05) is 0 Å². The van der Waals surface area contributed by atoms with E-state index in [4.69, 9.17) is 5.11 Å². The maximum absolute atomic E-state index is 12.2. The van der Waals surface area contributed by atoms with Crippen molar-refractivity contribution < 1.29 is 19.5 Å². The third-order valence-corrected chi connectivity index (χ3v) is 3.86. The second-order valence-corrected chi connectivity index (χ2v) is 5.78. The van der Waals surface area contributed by atoms with Gasteiger partial charge in [0.05, 0.1) is 0 Å². The third kappa shape index (κ3) is 3.87. The Bertz CT molecular complexity index is 957. The molecule has 0 aliphatic heterocycles. The van der Waals surface area contributed by atoms with Gasteiger partial charge < -0.3 is 10.4 Å². The van der Waals surface area contributed by atoms with Crippen molar-refractivity contribution in [1.29, 1.82) is 0 Å². The van der Waals surface area contributed by atoms with Crippen LogP contribution in [0, 0.1) is 0 Å². The summed E-state index contributed by atoms with van der Waals surface area (Å²) in [6, 6.07) is 6.08. The second kappa shape index (κ2) is 7.49. The lowest BCUT2D eigenvalue weighted by Gasteiger charge is -2.07. The molecule has 0 spiro atoms. The lowest BCUT2D eigenvalue weighted by atomic mass is 10.2. The van der Waals surface area contributed by atoms with Crippen molar-refractivity contribution in [3.8, 4) is 0 Å². The molecule has 0 atom stereocenters. The molecule has 3 N–H and O–H groups in total. The number of benzene rings is 1. The van der Waals surface area contributed by atoms with E-state index in [2.05, 4.69) is 25.6 Å². The van der Waals surface area contributed by atoms with Gasteiger partial charge in [0, 0.05) is 35.2 Å². The molecule has 0 aliphatic carbocycles. The van der Waals surface area contributed by atoms with E-state index >= 15 is 0 Å². The average Bonchev–Trinajstić information content (AvgIpc) is 3.15. The highest BCUT2D eigenvalue weighted by Crippen LogP contribution is 2.15. The summed E-state index contributed by atoms with van der Waals surface area (Å²) in [4.78, 5) is 46.7. The number of hydrogen-bond acceptors (Lipinski definition) is 7. The second-order valence-electron chi connectivity index (χ2n) is 4.88. The molecule has 2 amide bonds. The van der Waals surface area contributed by atoms with Crippen molar-refractivity contribution in [2.45, 2.75) is 0 Å². The number of nitrogens with one attached hydrogen (secondary N) is 2. The molecule has 0 unspecified atom stereocenters. The van der Waals surface area contributed by atoms with Crippen molar-refractivity contribution >= 4 is 39.9 Å². The van der Waals surface area contributed by atoms with Crippen LogP contribution < -0.4 is 10.6 Å². The number of aromatic nitrogens is 3. The first-order chi connectivity index (χ1) is 12.5. The van der Waals surface area contributed by atoms with Gasteiger partial charge in [-0.2, -0.15) is 0 Å². The summed E-state index contributed by atoms with van der Waals surface area (Å²) < 4.78 is 0. The van der Waals surface area contributed by atoms with Crippen LogP contribution in [-0.2, 0) is 0 Å². The number of carbonyl (C=O) groups excluding carboxylic acids is 2. The summed E-state index contributed by atoms with van der Waals surface area (Å²) in [5.74, 6) is -2.40. The zero-order valence-electron chi connectivity index (χ0n) is 13.0. The molecule has 9 nitrogen and oxygen atoms in total. The first-order valence-electron chi connectivity index (χ1n) is 7.21. The van der Waals surface area contributed by atoms with Gasteiger partial charge in [0.15, 0.2) is 16.5 Å². The van der Waals surface area contributed by atoms with Crippen LogP contribution in [0.15, 0.2) is 48.2 Å². The fourth-order valence-corrected chi connectivity index (χ4v) is 2.53. The molecular formula is C16H11N5O4S. The van der Waals surface area contributed by atoms with Gasteiger partial charge in [-0.3, -0.25) is 14.9 Å². The zero-order chi connectivity index (χ0) is 18.5. The van der Waals surface area contributed by atoms with E-state index in [1.807, 2.05) is 0 Å². The van der Waals surface area contributed by atoms with E-state index in [9.17, 15) is 14.4 Å². The average molecular weight is 369 g/mol.